The summed E-state index contributed by atoms with van der Waals surface area (Å²) in [6.07, 6.45) is 1.67. The van der Waals surface area contributed by atoms with Gasteiger partial charge in [-0.1, -0.05) is 11.6 Å². The van der Waals surface area contributed by atoms with Gasteiger partial charge < -0.3 is 14.5 Å². The van der Waals surface area contributed by atoms with Crippen molar-refractivity contribution in [2.45, 2.75) is 0 Å². The normalized spacial score (nSPS) is 10.2. The molecule has 1 heterocycles. The molecule has 0 aliphatic heterocycles. The topological polar surface area (TPSA) is 47.1 Å². The molecule has 0 aliphatic carbocycles. The molecule has 0 unspecified atom stereocenters. The molecule has 0 amide bonds. The smallest absolute Gasteiger partial charge is 0.293 e. The molecule has 0 atom stereocenters. The molecule has 16 heavy (non-hydrogen) atoms. The van der Waals surface area contributed by atoms with Gasteiger partial charge in [0.1, 0.15) is 5.75 Å². The van der Waals surface area contributed by atoms with Crippen molar-refractivity contribution in [2.24, 2.45) is 0 Å². The molecule has 0 saturated heterocycles. The van der Waals surface area contributed by atoms with Crippen LogP contribution in [0.1, 0.15) is 0 Å². The van der Waals surface area contributed by atoms with E-state index in [0.29, 0.717) is 11.0 Å². The van der Waals surface area contributed by atoms with Crippen molar-refractivity contribution < 1.29 is 9.47 Å². The second-order valence-corrected chi connectivity index (χ2v) is 3.59. The second kappa shape index (κ2) is 4.45. The number of benzene rings is 1. The minimum atomic E-state index is 0.456. The number of H-pyrrole nitrogens is 1. The van der Waals surface area contributed by atoms with Crippen molar-refractivity contribution in [3.05, 3.63) is 29.4 Å². The molecule has 1 aromatic carbocycles. The van der Waals surface area contributed by atoms with Crippen LogP contribution >= 0.6 is 11.6 Å². The Bertz CT molecular complexity index is 496. The van der Waals surface area contributed by atoms with Crippen LogP contribution < -0.4 is 9.47 Å². The lowest BCUT2D eigenvalue weighted by Gasteiger charge is -2.06. The van der Waals surface area contributed by atoms with Crippen LogP contribution in [-0.2, 0) is 0 Å². The lowest BCUT2D eigenvalue weighted by Crippen LogP contribution is -1.88. The largest absolute Gasteiger partial charge is 0.496 e. The molecule has 0 fully saturated rings. The lowest BCUT2D eigenvalue weighted by molar-refractivity contribution is 0.384. The summed E-state index contributed by atoms with van der Waals surface area (Å²) >= 11 is 5.94. The van der Waals surface area contributed by atoms with Gasteiger partial charge in [-0.3, -0.25) is 0 Å². The Kier molecular flexibility index (Phi) is 3.01. The van der Waals surface area contributed by atoms with E-state index in [0.717, 1.165) is 17.0 Å². The molecule has 0 spiro atoms. The Morgan fingerprint density at radius 2 is 2.06 bits per heavy atom. The molecule has 1 aromatic heterocycles. The Morgan fingerprint density at radius 3 is 2.69 bits per heavy atom. The summed E-state index contributed by atoms with van der Waals surface area (Å²) in [6.45, 7) is 0. The van der Waals surface area contributed by atoms with Gasteiger partial charge in [0.15, 0.2) is 0 Å². The Balaban J connectivity index is 2.49. The summed E-state index contributed by atoms with van der Waals surface area (Å²) in [4.78, 5) is 7.05. The zero-order chi connectivity index (χ0) is 11.5. The number of imidazole rings is 1. The maximum absolute atomic E-state index is 5.94. The molecule has 5 heteroatoms. The van der Waals surface area contributed by atoms with Gasteiger partial charge >= 0.3 is 0 Å². The number of nitrogens with one attached hydrogen (secondary N) is 1. The zero-order valence-electron chi connectivity index (χ0n) is 8.95. The number of aromatic amines is 1. The molecule has 2 rings (SSSR count). The van der Waals surface area contributed by atoms with Gasteiger partial charge in [0.05, 0.1) is 26.1 Å². The van der Waals surface area contributed by atoms with Crippen LogP contribution in [0, 0.1) is 0 Å². The molecule has 1 N–H and O–H groups in total. The van der Waals surface area contributed by atoms with E-state index in [-0.39, 0.29) is 0 Å². The highest BCUT2D eigenvalue weighted by atomic mass is 35.5. The van der Waals surface area contributed by atoms with Crippen LogP contribution in [0.25, 0.3) is 11.3 Å². The highest BCUT2D eigenvalue weighted by Crippen LogP contribution is 2.31. The van der Waals surface area contributed by atoms with E-state index in [1.54, 1.807) is 26.5 Å². The van der Waals surface area contributed by atoms with Gasteiger partial charge in [0.2, 0.25) is 0 Å². The van der Waals surface area contributed by atoms with Crippen LogP contribution in [0.3, 0.4) is 0 Å². The third-order valence-electron chi connectivity index (χ3n) is 2.20. The molecule has 0 saturated carbocycles. The highest BCUT2D eigenvalue weighted by molar-refractivity contribution is 6.30. The summed E-state index contributed by atoms with van der Waals surface area (Å²) < 4.78 is 10.2. The van der Waals surface area contributed by atoms with E-state index >= 15 is 0 Å². The van der Waals surface area contributed by atoms with Crippen molar-refractivity contribution in [1.29, 1.82) is 0 Å². The lowest BCUT2D eigenvalue weighted by atomic mass is 10.1. The summed E-state index contributed by atoms with van der Waals surface area (Å²) in [5.41, 5.74) is 1.65. The Morgan fingerprint density at radius 1 is 1.25 bits per heavy atom. The van der Waals surface area contributed by atoms with Crippen LogP contribution in [-0.4, -0.2) is 24.2 Å². The van der Waals surface area contributed by atoms with E-state index in [4.69, 9.17) is 21.1 Å². The number of aromatic nitrogens is 2. The first kappa shape index (κ1) is 10.8. The molecule has 4 nitrogen and oxygen atoms in total. The Hall–Kier alpha value is -1.68. The van der Waals surface area contributed by atoms with Gasteiger partial charge in [0.25, 0.3) is 6.01 Å². The molecule has 84 valence electrons. The summed E-state index contributed by atoms with van der Waals surface area (Å²) in [6, 6.07) is 5.85. The van der Waals surface area contributed by atoms with E-state index < -0.39 is 0 Å². The number of rotatable bonds is 3. The minimum absolute atomic E-state index is 0.456. The van der Waals surface area contributed by atoms with E-state index in [1.165, 1.54) is 0 Å². The summed E-state index contributed by atoms with van der Waals surface area (Å²) in [7, 11) is 3.16. The molecule has 0 aliphatic rings. The van der Waals surface area contributed by atoms with E-state index in [1.807, 2.05) is 12.1 Å². The number of halogens is 1. The summed E-state index contributed by atoms with van der Waals surface area (Å²) in [5.74, 6) is 0.732. The monoisotopic (exact) mass is 238 g/mol. The first-order valence-electron chi connectivity index (χ1n) is 4.67. The average Bonchev–Trinajstić information content (AvgIpc) is 2.77. The maximum atomic E-state index is 5.94. The zero-order valence-corrected chi connectivity index (χ0v) is 9.71. The van der Waals surface area contributed by atoms with Crippen LogP contribution in [0.5, 0.6) is 11.8 Å². The molecular weight excluding hydrogens is 228 g/mol. The number of nitrogens with zero attached hydrogens (tertiary/aromatic N) is 1. The van der Waals surface area contributed by atoms with E-state index in [2.05, 4.69) is 9.97 Å². The quantitative estimate of drug-likeness (QED) is 0.895. The highest BCUT2D eigenvalue weighted by Gasteiger charge is 2.09. The van der Waals surface area contributed by atoms with Gasteiger partial charge in [0, 0.05) is 10.6 Å². The first-order valence-corrected chi connectivity index (χ1v) is 5.05. The summed E-state index contributed by atoms with van der Waals surface area (Å²) in [5, 5.41) is 0.643. The van der Waals surface area contributed by atoms with Gasteiger partial charge in [-0.15, -0.1) is 0 Å². The first-order chi connectivity index (χ1) is 7.74. The second-order valence-electron chi connectivity index (χ2n) is 3.15. The number of methoxy groups -OCH3 is 2. The van der Waals surface area contributed by atoms with Crippen LogP contribution in [0.15, 0.2) is 24.4 Å². The van der Waals surface area contributed by atoms with Crippen molar-refractivity contribution in [3.63, 3.8) is 0 Å². The molecular formula is C11H11ClN2O2. The fourth-order valence-corrected chi connectivity index (χ4v) is 1.61. The van der Waals surface area contributed by atoms with Gasteiger partial charge in [-0.25, -0.2) is 4.98 Å². The Labute approximate surface area is 98.2 Å². The predicted molar refractivity (Wildman–Crippen MR) is 62.1 cm³/mol. The molecule has 0 radical (unpaired) electrons. The van der Waals surface area contributed by atoms with Crippen molar-refractivity contribution in [3.8, 4) is 23.0 Å². The van der Waals surface area contributed by atoms with Crippen molar-refractivity contribution >= 4 is 11.6 Å². The third kappa shape index (κ3) is 1.97. The van der Waals surface area contributed by atoms with Crippen LogP contribution in [0.2, 0.25) is 5.02 Å². The predicted octanol–water partition coefficient (Wildman–Crippen LogP) is 2.75. The number of hydrogen-bond donors (Lipinski definition) is 1. The molecule has 0 bridgehead atoms. The fourth-order valence-electron chi connectivity index (χ4n) is 1.43. The SMILES string of the molecule is COc1ncc(-c2cc(Cl)ccc2OC)[nH]1. The molecule has 2 aromatic rings. The van der Waals surface area contributed by atoms with E-state index in [9.17, 15) is 0 Å². The number of hydrogen-bond acceptors (Lipinski definition) is 3. The van der Waals surface area contributed by atoms with Crippen molar-refractivity contribution in [2.75, 3.05) is 14.2 Å². The number of ether oxygens (including phenoxy) is 2. The maximum Gasteiger partial charge on any atom is 0.293 e. The minimum Gasteiger partial charge on any atom is -0.496 e. The fraction of sp³-hybridized carbons (Fsp3) is 0.182. The van der Waals surface area contributed by atoms with Gasteiger partial charge in [-0.05, 0) is 18.2 Å². The standard InChI is InChI=1S/C11H11ClN2O2/c1-15-10-4-3-7(12)5-8(10)9-6-13-11(14-9)16-2/h3-6H,1-2H3,(H,13,14). The third-order valence-corrected chi connectivity index (χ3v) is 2.43. The van der Waals surface area contributed by atoms with Gasteiger partial charge in [-0.2, -0.15) is 0 Å². The average molecular weight is 239 g/mol. The van der Waals surface area contributed by atoms with Crippen molar-refractivity contribution in [1.82, 2.24) is 9.97 Å². The van der Waals surface area contributed by atoms with Crippen LogP contribution in [0.4, 0.5) is 0 Å².